The van der Waals surface area contributed by atoms with Gasteiger partial charge in [-0.15, -0.1) is 0 Å². The molecule has 0 spiro atoms. The minimum absolute atomic E-state index is 0.0373. The topological polar surface area (TPSA) is 97.2 Å². The molecule has 0 saturated carbocycles. The fraction of sp³-hybridized carbons (Fsp3) is 0.423. The number of aromatic nitrogens is 3. The number of nitrogens with zero attached hydrogens (tertiary/aromatic N) is 4. The van der Waals surface area contributed by atoms with Crippen LogP contribution in [0.4, 0.5) is 0 Å². The van der Waals surface area contributed by atoms with Crippen molar-refractivity contribution in [1.29, 1.82) is 0 Å². The van der Waals surface area contributed by atoms with Crippen LogP contribution in [0.15, 0.2) is 66.1 Å². The molecule has 1 aliphatic rings. The van der Waals surface area contributed by atoms with Crippen molar-refractivity contribution in [1.82, 2.24) is 24.4 Å². The van der Waals surface area contributed by atoms with Crippen molar-refractivity contribution in [3.63, 3.8) is 0 Å². The van der Waals surface area contributed by atoms with Gasteiger partial charge in [-0.1, -0.05) is 45.0 Å². The maximum absolute atomic E-state index is 13.1. The molecule has 0 radical (unpaired) electrons. The van der Waals surface area contributed by atoms with Gasteiger partial charge in [0.2, 0.25) is 15.9 Å². The number of rotatable bonds is 6. The van der Waals surface area contributed by atoms with Crippen molar-refractivity contribution in [2.75, 3.05) is 13.1 Å². The van der Waals surface area contributed by atoms with Crippen molar-refractivity contribution in [3.05, 3.63) is 72.3 Å². The van der Waals surface area contributed by atoms with E-state index < -0.39 is 10.0 Å². The summed E-state index contributed by atoms with van der Waals surface area (Å²) in [6, 6.07) is 14.8. The molecule has 2 heterocycles. The second kappa shape index (κ2) is 9.91. The Balaban J connectivity index is 1.33. The zero-order valence-corrected chi connectivity index (χ0v) is 21.5. The van der Waals surface area contributed by atoms with Crippen LogP contribution in [0.2, 0.25) is 0 Å². The van der Waals surface area contributed by atoms with Crippen LogP contribution >= 0.6 is 0 Å². The Labute approximate surface area is 207 Å². The Morgan fingerprint density at radius 2 is 1.66 bits per heavy atom. The van der Waals surface area contributed by atoms with Crippen molar-refractivity contribution < 1.29 is 13.2 Å². The average Bonchev–Trinajstić information content (AvgIpc) is 3.39. The van der Waals surface area contributed by atoms with Gasteiger partial charge >= 0.3 is 0 Å². The summed E-state index contributed by atoms with van der Waals surface area (Å²) in [4.78, 5) is 17.1. The highest BCUT2D eigenvalue weighted by atomic mass is 32.2. The molecule has 2 aromatic carbocycles. The van der Waals surface area contributed by atoms with Crippen LogP contribution < -0.4 is 5.32 Å². The number of nitrogens with one attached hydrogen (secondary N) is 1. The first-order valence-electron chi connectivity index (χ1n) is 11.9. The highest BCUT2D eigenvalue weighted by Gasteiger charge is 2.32. The Bertz CT molecular complexity index is 1240. The lowest BCUT2D eigenvalue weighted by Gasteiger charge is -2.31. The smallest absolute Gasteiger partial charge is 0.243 e. The van der Waals surface area contributed by atoms with E-state index >= 15 is 0 Å². The maximum atomic E-state index is 13.1. The Morgan fingerprint density at radius 3 is 2.20 bits per heavy atom. The molecule has 1 amide bonds. The van der Waals surface area contributed by atoms with Crippen LogP contribution in [0.3, 0.4) is 0 Å². The summed E-state index contributed by atoms with van der Waals surface area (Å²) in [5.74, 6) is -0.244. The van der Waals surface area contributed by atoms with Gasteiger partial charge in [0.1, 0.15) is 12.7 Å². The molecule has 1 N–H and O–H groups in total. The third-order valence-corrected chi connectivity index (χ3v) is 8.53. The van der Waals surface area contributed by atoms with E-state index in [4.69, 9.17) is 0 Å². The first-order chi connectivity index (χ1) is 16.6. The third kappa shape index (κ3) is 5.62. The summed E-state index contributed by atoms with van der Waals surface area (Å²) in [5, 5.41) is 7.20. The zero-order chi connectivity index (χ0) is 25.2. The lowest BCUT2D eigenvalue weighted by molar-refractivity contribution is -0.126. The van der Waals surface area contributed by atoms with Gasteiger partial charge in [-0.05, 0) is 60.6 Å². The molecule has 1 saturated heterocycles. The van der Waals surface area contributed by atoms with Crippen LogP contribution in [0.5, 0.6) is 0 Å². The lowest BCUT2D eigenvalue weighted by atomic mass is 9.87. The molecule has 9 heteroatoms. The Hall–Kier alpha value is -3.04. The van der Waals surface area contributed by atoms with Gasteiger partial charge in [-0.2, -0.15) is 9.40 Å². The summed E-state index contributed by atoms with van der Waals surface area (Å²) in [6.45, 7) is 8.91. The first kappa shape index (κ1) is 25.1. The van der Waals surface area contributed by atoms with Gasteiger partial charge in [0.05, 0.1) is 16.6 Å². The van der Waals surface area contributed by atoms with Crippen molar-refractivity contribution in [3.8, 4) is 5.69 Å². The summed E-state index contributed by atoms with van der Waals surface area (Å²) in [7, 11) is -3.57. The minimum atomic E-state index is -3.57. The normalized spacial score (nSPS) is 16.7. The molecule has 35 heavy (non-hydrogen) atoms. The molecule has 1 atom stereocenters. The molecule has 1 fully saturated rings. The average molecular weight is 496 g/mol. The molecular weight excluding hydrogens is 462 g/mol. The quantitative estimate of drug-likeness (QED) is 0.560. The molecule has 186 valence electrons. The van der Waals surface area contributed by atoms with Gasteiger partial charge in [0.15, 0.2) is 0 Å². The van der Waals surface area contributed by atoms with Crippen molar-refractivity contribution >= 4 is 15.9 Å². The summed E-state index contributed by atoms with van der Waals surface area (Å²) in [5.41, 5.74) is 2.94. The largest absolute Gasteiger partial charge is 0.349 e. The van der Waals surface area contributed by atoms with Gasteiger partial charge in [-0.25, -0.2) is 18.1 Å². The van der Waals surface area contributed by atoms with Gasteiger partial charge in [0.25, 0.3) is 0 Å². The van der Waals surface area contributed by atoms with E-state index in [-0.39, 0.29) is 23.3 Å². The first-order valence-corrected chi connectivity index (χ1v) is 13.4. The van der Waals surface area contributed by atoms with Crippen molar-refractivity contribution in [2.45, 2.75) is 56.9 Å². The van der Waals surface area contributed by atoms with E-state index in [0.717, 1.165) is 16.8 Å². The number of benzene rings is 2. The van der Waals surface area contributed by atoms with Gasteiger partial charge < -0.3 is 5.32 Å². The van der Waals surface area contributed by atoms with Crippen LogP contribution in [0.1, 0.15) is 57.7 Å². The van der Waals surface area contributed by atoms with Gasteiger partial charge in [0, 0.05) is 19.0 Å². The number of sulfonamides is 1. The van der Waals surface area contributed by atoms with E-state index in [1.807, 2.05) is 43.3 Å². The predicted molar refractivity (Wildman–Crippen MR) is 135 cm³/mol. The van der Waals surface area contributed by atoms with E-state index in [0.29, 0.717) is 30.8 Å². The van der Waals surface area contributed by atoms with Gasteiger partial charge in [-0.3, -0.25) is 4.79 Å². The molecule has 3 aromatic rings. The molecule has 1 aromatic heterocycles. The van der Waals surface area contributed by atoms with E-state index in [1.165, 1.54) is 10.6 Å². The molecule has 1 unspecified atom stereocenters. The summed E-state index contributed by atoms with van der Waals surface area (Å²) in [6.07, 6.45) is 4.12. The number of carbonyl (C=O) groups excluding carboxylic acids is 1. The summed E-state index contributed by atoms with van der Waals surface area (Å²) < 4.78 is 29.4. The Morgan fingerprint density at radius 1 is 1.03 bits per heavy atom. The molecular formula is C26H33N5O3S. The van der Waals surface area contributed by atoms with Crippen LogP contribution in [0.25, 0.3) is 5.69 Å². The summed E-state index contributed by atoms with van der Waals surface area (Å²) >= 11 is 0. The monoisotopic (exact) mass is 495 g/mol. The predicted octanol–water partition coefficient (Wildman–Crippen LogP) is 3.84. The maximum Gasteiger partial charge on any atom is 0.243 e. The zero-order valence-electron chi connectivity index (χ0n) is 20.7. The minimum Gasteiger partial charge on any atom is -0.349 e. The second-order valence-corrected chi connectivity index (χ2v) is 12.1. The lowest BCUT2D eigenvalue weighted by Crippen LogP contribution is -2.43. The molecule has 1 aliphatic heterocycles. The Kier molecular flexibility index (Phi) is 7.10. The number of carbonyl (C=O) groups is 1. The number of hydrogen-bond donors (Lipinski definition) is 1. The van der Waals surface area contributed by atoms with Crippen LogP contribution in [-0.4, -0.2) is 46.5 Å². The second-order valence-electron chi connectivity index (χ2n) is 10.1. The molecule has 0 bridgehead atoms. The van der Waals surface area contributed by atoms with E-state index in [2.05, 4.69) is 36.2 Å². The number of piperidine rings is 1. The fourth-order valence-electron chi connectivity index (χ4n) is 4.31. The fourth-order valence-corrected chi connectivity index (χ4v) is 5.78. The van der Waals surface area contributed by atoms with Crippen molar-refractivity contribution in [2.24, 2.45) is 5.92 Å². The van der Waals surface area contributed by atoms with E-state index in [1.54, 1.807) is 23.1 Å². The molecule has 4 rings (SSSR count). The standard InChI is InChI=1S/C26H33N5O3S/c1-19(20-5-9-23(10-6-20)31-18-27-17-28-31)29-25(32)21-13-15-30(16-14-21)35(33,34)24-11-7-22(8-12-24)26(2,3)4/h5-12,17-19,21H,13-16H2,1-4H3,(H,29,32). The van der Waals surface area contributed by atoms with Crippen LogP contribution in [0, 0.1) is 5.92 Å². The molecule has 0 aliphatic carbocycles. The third-order valence-electron chi connectivity index (χ3n) is 6.62. The SMILES string of the molecule is CC(NC(=O)C1CCN(S(=O)(=O)c2ccc(C(C)(C)C)cc2)CC1)c1ccc(-n2cncn2)cc1. The molecule has 8 nitrogen and oxygen atoms in total. The van der Waals surface area contributed by atoms with Crippen LogP contribution in [-0.2, 0) is 20.2 Å². The number of amides is 1. The van der Waals surface area contributed by atoms with E-state index in [9.17, 15) is 13.2 Å². The highest BCUT2D eigenvalue weighted by molar-refractivity contribution is 7.89. The highest BCUT2D eigenvalue weighted by Crippen LogP contribution is 2.27. The number of hydrogen-bond acceptors (Lipinski definition) is 5.